The number of sulfonamides is 1. The minimum absolute atomic E-state index is 0.104. The third-order valence-corrected chi connectivity index (χ3v) is 5.87. The highest BCUT2D eigenvalue weighted by molar-refractivity contribution is 7.89. The zero-order valence-electron chi connectivity index (χ0n) is 13.2. The Bertz CT molecular complexity index is 591. The second-order valence-corrected chi connectivity index (χ2v) is 7.60. The zero-order chi connectivity index (χ0) is 15.5. The van der Waals surface area contributed by atoms with E-state index >= 15 is 0 Å². The van der Waals surface area contributed by atoms with Crippen LogP contribution in [-0.4, -0.2) is 21.0 Å². The highest BCUT2D eigenvalue weighted by Crippen LogP contribution is 2.24. The molecule has 0 atom stereocenters. The Morgan fingerprint density at radius 3 is 2.48 bits per heavy atom. The van der Waals surface area contributed by atoms with Gasteiger partial charge in [0.15, 0.2) is 0 Å². The second kappa shape index (κ2) is 6.90. The number of benzene rings is 1. The van der Waals surface area contributed by atoms with Gasteiger partial charge < -0.3 is 5.32 Å². The molecule has 0 heterocycles. The summed E-state index contributed by atoms with van der Waals surface area (Å²) in [7, 11) is -3.42. The van der Waals surface area contributed by atoms with E-state index in [1.54, 1.807) is 0 Å². The fourth-order valence-electron chi connectivity index (χ4n) is 2.88. The van der Waals surface area contributed by atoms with E-state index < -0.39 is 10.0 Å². The summed E-state index contributed by atoms with van der Waals surface area (Å²) in [5, 5.41) is 3.25. The van der Waals surface area contributed by atoms with Gasteiger partial charge in [-0.05, 0) is 56.0 Å². The lowest BCUT2D eigenvalue weighted by atomic mass is 10.1. The van der Waals surface area contributed by atoms with Gasteiger partial charge in [-0.1, -0.05) is 25.8 Å². The van der Waals surface area contributed by atoms with E-state index in [9.17, 15) is 8.42 Å². The van der Waals surface area contributed by atoms with Crippen LogP contribution < -0.4 is 10.0 Å². The molecular weight excluding hydrogens is 284 g/mol. The van der Waals surface area contributed by atoms with Crippen molar-refractivity contribution in [3.63, 3.8) is 0 Å². The lowest BCUT2D eigenvalue weighted by Crippen LogP contribution is -2.33. The summed E-state index contributed by atoms with van der Waals surface area (Å²) >= 11 is 0. The summed E-state index contributed by atoms with van der Waals surface area (Å²) in [4.78, 5) is 0.433. The van der Waals surface area contributed by atoms with E-state index in [0.717, 1.165) is 48.9 Å². The van der Waals surface area contributed by atoms with Gasteiger partial charge in [0.25, 0.3) is 0 Å². The highest BCUT2D eigenvalue weighted by Gasteiger charge is 2.25. The molecule has 0 radical (unpaired) electrons. The molecule has 1 aromatic carbocycles. The molecule has 1 aliphatic carbocycles. The Labute approximate surface area is 128 Å². The van der Waals surface area contributed by atoms with Gasteiger partial charge in [0, 0.05) is 12.6 Å². The Morgan fingerprint density at radius 2 is 1.86 bits per heavy atom. The molecule has 1 fully saturated rings. The van der Waals surface area contributed by atoms with Gasteiger partial charge in [0.05, 0.1) is 4.90 Å². The average molecular weight is 310 g/mol. The smallest absolute Gasteiger partial charge is 0.241 e. The third-order valence-electron chi connectivity index (χ3n) is 4.23. The molecule has 1 aromatic rings. The number of aryl methyl sites for hydroxylation is 1. The Hall–Kier alpha value is -0.910. The van der Waals surface area contributed by atoms with E-state index in [4.69, 9.17) is 0 Å². The van der Waals surface area contributed by atoms with E-state index in [2.05, 4.69) is 16.1 Å². The minimum Gasteiger partial charge on any atom is -0.313 e. The summed E-state index contributed by atoms with van der Waals surface area (Å²) in [6.07, 6.45) is 4.14. The first kappa shape index (κ1) is 16.5. The number of nitrogens with one attached hydrogen (secondary N) is 2. The van der Waals surface area contributed by atoms with Crippen molar-refractivity contribution in [2.45, 2.75) is 63.9 Å². The van der Waals surface area contributed by atoms with Gasteiger partial charge >= 0.3 is 0 Å². The van der Waals surface area contributed by atoms with Crippen LogP contribution in [0.3, 0.4) is 0 Å². The van der Waals surface area contributed by atoms with Crippen molar-refractivity contribution < 1.29 is 8.42 Å². The fraction of sp³-hybridized carbons (Fsp3) is 0.625. The molecule has 21 heavy (non-hydrogen) atoms. The van der Waals surface area contributed by atoms with Crippen LogP contribution in [0.4, 0.5) is 0 Å². The minimum atomic E-state index is -3.42. The number of rotatable bonds is 6. The normalized spacial score (nSPS) is 16.5. The molecule has 4 nitrogen and oxygen atoms in total. The van der Waals surface area contributed by atoms with Crippen LogP contribution in [0, 0.1) is 13.8 Å². The van der Waals surface area contributed by atoms with Crippen LogP contribution in [0.15, 0.2) is 17.0 Å². The standard InChI is InChI=1S/C16H26N2O2S/c1-4-17-11-14-9-12(2)13(3)16(10-14)21(19,20)18-15-7-5-6-8-15/h9-10,15,17-18H,4-8,11H2,1-3H3. The van der Waals surface area contributed by atoms with Crippen molar-refractivity contribution in [1.82, 2.24) is 10.0 Å². The SMILES string of the molecule is CCNCc1cc(C)c(C)c(S(=O)(=O)NC2CCCC2)c1. The van der Waals surface area contributed by atoms with Crippen LogP contribution in [0.1, 0.15) is 49.3 Å². The van der Waals surface area contributed by atoms with Gasteiger partial charge in [-0.2, -0.15) is 0 Å². The van der Waals surface area contributed by atoms with E-state index in [0.29, 0.717) is 11.4 Å². The maximum absolute atomic E-state index is 12.7. The molecule has 0 amide bonds. The second-order valence-electron chi connectivity index (χ2n) is 5.92. The lowest BCUT2D eigenvalue weighted by Gasteiger charge is -2.17. The summed E-state index contributed by atoms with van der Waals surface area (Å²) in [5.74, 6) is 0. The predicted molar refractivity (Wildman–Crippen MR) is 85.9 cm³/mol. The van der Waals surface area contributed by atoms with Crippen LogP contribution >= 0.6 is 0 Å². The van der Waals surface area contributed by atoms with Gasteiger partial charge in [-0.15, -0.1) is 0 Å². The van der Waals surface area contributed by atoms with Gasteiger partial charge in [0.1, 0.15) is 0 Å². The molecule has 0 aliphatic heterocycles. The molecule has 5 heteroatoms. The maximum Gasteiger partial charge on any atom is 0.241 e. The molecule has 2 rings (SSSR count). The monoisotopic (exact) mass is 310 g/mol. The van der Waals surface area contributed by atoms with Gasteiger partial charge in [0.2, 0.25) is 10.0 Å². The lowest BCUT2D eigenvalue weighted by molar-refractivity contribution is 0.551. The summed E-state index contributed by atoms with van der Waals surface area (Å²) < 4.78 is 28.2. The molecule has 0 spiro atoms. The molecule has 0 saturated heterocycles. The van der Waals surface area contributed by atoms with Crippen molar-refractivity contribution >= 4 is 10.0 Å². The molecule has 0 unspecified atom stereocenters. The topological polar surface area (TPSA) is 58.2 Å². The summed E-state index contributed by atoms with van der Waals surface area (Å²) in [6.45, 7) is 7.47. The molecule has 0 aromatic heterocycles. The summed E-state index contributed by atoms with van der Waals surface area (Å²) in [6, 6.07) is 3.97. The zero-order valence-corrected chi connectivity index (χ0v) is 14.0. The summed E-state index contributed by atoms with van der Waals surface area (Å²) in [5.41, 5.74) is 2.89. The van der Waals surface area contributed by atoms with Crippen molar-refractivity contribution in [1.29, 1.82) is 0 Å². The van der Waals surface area contributed by atoms with Gasteiger partial charge in [-0.3, -0.25) is 0 Å². The molecule has 1 saturated carbocycles. The van der Waals surface area contributed by atoms with Crippen molar-refractivity contribution in [3.05, 3.63) is 28.8 Å². The van der Waals surface area contributed by atoms with Crippen molar-refractivity contribution in [2.24, 2.45) is 0 Å². The van der Waals surface area contributed by atoms with Crippen LogP contribution in [0.2, 0.25) is 0 Å². The number of hydrogen-bond donors (Lipinski definition) is 2. The fourth-order valence-corrected chi connectivity index (χ4v) is 4.55. The van der Waals surface area contributed by atoms with Crippen molar-refractivity contribution in [3.8, 4) is 0 Å². The predicted octanol–water partition coefficient (Wildman–Crippen LogP) is 2.63. The molecule has 1 aliphatic rings. The quantitative estimate of drug-likeness (QED) is 0.849. The molecular formula is C16H26N2O2S. The third kappa shape index (κ3) is 4.05. The first-order valence-corrected chi connectivity index (χ1v) is 9.25. The van der Waals surface area contributed by atoms with Crippen LogP contribution in [0.5, 0.6) is 0 Å². The first-order valence-electron chi connectivity index (χ1n) is 7.77. The Balaban J connectivity index is 2.29. The molecule has 2 N–H and O–H groups in total. The Kier molecular flexibility index (Phi) is 5.41. The maximum atomic E-state index is 12.7. The number of hydrogen-bond acceptors (Lipinski definition) is 3. The van der Waals surface area contributed by atoms with E-state index in [-0.39, 0.29) is 6.04 Å². The average Bonchev–Trinajstić information content (AvgIpc) is 2.91. The largest absolute Gasteiger partial charge is 0.313 e. The van der Waals surface area contributed by atoms with Crippen LogP contribution in [0.25, 0.3) is 0 Å². The van der Waals surface area contributed by atoms with Crippen LogP contribution in [-0.2, 0) is 16.6 Å². The Morgan fingerprint density at radius 1 is 1.19 bits per heavy atom. The first-order chi connectivity index (χ1) is 9.94. The molecule has 118 valence electrons. The van der Waals surface area contributed by atoms with Gasteiger partial charge in [-0.25, -0.2) is 13.1 Å². The molecule has 0 bridgehead atoms. The van der Waals surface area contributed by atoms with Crippen molar-refractivity contribution in [2.75, 3.05) is 6.54 Å². The van der Waals surface area contributed by atoms with E-state index in [1.807, 2.05) is 26.8 Å². The van der Waals surface area contributed by atoms with E-state index in [1.165, 1.54) is 0 Å². The highest BCUT2D eigenvalue weighted by atomic mass is 32.2.